The maximum absolute atomic E-state index is 13.8. The Morgan fingerprint density at radius 3 is 2.24 bits per heavy atom. The van der Waals surface area contributed by atoms with Crippen molar-refractivity contribution >= 4 is 29.2 Å². The number of benzene rings is 3. The van der Waals surface area contributed by atoms with Crippen LogP contribution in [0.2, 0.25) is 5.02 Å². The van der Waals surface area contributed by atoms with Crippen LogP contribution in [0.3, 0.4) is 0 Å². The number of esters is 1. The molecule has 0 fully saturated rings. The van der Waals surface area contributed by atoms with Gasteiger partial charge in [-0.1, -0.05) is 48.0 Å². The van der Waals surface area contributed by atoms with Crippen molar-refractivity contribution in [3.63, 3.8) is 0 Å². The number of amides is 1. The number of hydrogen-bond acceptors (Lipinski definition) is 4. The molecule has 3 aromatic rings. The maximum atomic E-state index is 13.8. The van der Waals surface area contributed by atoms with Crippen molar-refractivity contribution in [2.24, 2.45) is 0 Å². The smallest absolute Gasteiger partial charge is 0.318 e. The number of para-hydroxylation sites is 2. The van der Waals surface area contributed by atoms with Gasteiger partial charge in [-0.3, -0.25) is 9.59 Å². The number of halogens is 2. The lowest BCUT2D eigenvalue weighted by molar-refractivity contribution is -0.148. The number of hydrogen-bond donors (Lipinski definition) is 1. The number of fused-ring (bicyclic) bond motifs is 2. The lowest BCUT2D eigenvalue weighted by atomic mass is 9.88. The molecule has 7 heteroatoms. The van der Waals surface area contributed by atoms with Crippen molar-refractivity contribution in [1.82, 2.24) is 0 Å². The highest BCUT2D eigenvalue weighted by atomic mass is 35.5. The summed E-state index contributed by atoms with van der Waals surface area (Å²) >= 11 is 5.69. The summed E-state index contributed by atoms with van der Waals surface area (Å²) < 4.78 is 24.9. The molecule has 146 valence electrons. The molecule has 1 aliphatic rings. The van der Waals surface area contributed by atoms with E-state index in [1.807, 2.05) is 12.1 Å². The zero-order chi connectivity index (χ0) is 20.4. The highest BCUT2D eigenvalue weighted by Gasteiger charge is 2.33. The molecule has 0 aliphatic carbocycles. The third kappa shape index (κ3) is 3.93. The van der Waals surface area contributed by atoms with E-state index >= 15 is 0 Å². The van der Waals surface area contributed by atoms with Gasteiger partial charge in [0.2, 0.25) is 0 Å². The fraction of sp³-hybridized carbons (Fsp3) is 0.0909. The molecule has 0 saturated carbocycles. The number of ether oxygens (including phenoxy) is 2. The Balaban J connectivity index is 1.49. The minimum atomic E-state index is -0.726. The summed E-state index contributed by atoms with van der Waals surface area (Å²) in [5.74, 6) is -1.55. The first-order chi connectivity index (χ1) is 14.0. The molecule has 0 aromatic heterocycles. The Morgan fingerprint density at radius 2 is 1.62 bits per heavy atom. The number of carbonyl (C=O) groups excluding carboxylic acids is 2. The molecule has 3 aromatic carbocycles. The Hall–Kier alpha value is -3.38. The van der Waals surface area contributed by atoms with Crippen LogP contribution in [0.1, 0.15) is 17.0 Å². The Kier molecular flexibility index (Phi) is 5.18. The number of rotatable bonds is 4. The first-order valence-electron chi connectivity index (χ1n) is 8.80. The first kappa shape index (κ1) is 19.0. The minimum absolute atomic E-state index is 0.0443. The Bertz CT molecular complexity index is 1060. The van der Waals surface area contributed by atoms with Gasteiger partial charge in [-0.25, -0.2) is 4.39 Å². The van der Waals surface area contributed by atoms with Gasteiger partial charge in [0.1, 0.15) is 23.2 Å². The summed E-state index contributed by atoms with van der Waals surface area (Å²) in [6, 6.07) is 18.2. The quantitative estimate of drug-likeness (QED) is 0.620. The van der Waals surface area contributed by atoms with E-state index in [1.165, 1.54) is 12.1 Å². The molecule has 0 saturated heterocycles. The predicted molar refractivity (Wildman–Crippen MR) is 106 cm³/mol. The fourth-order valence-corrected chi connectivity index (χ4v) is 3.32. The molecular weight excluding hydrogens is 397 g/mol. The van der Waals surface area contributed by atoms with Crippen molar-refractivity contribution in [1.29, 1.82) is 0 Å². The second-order valence-corrected chi connectivity index (χ2v) is 6.83. The lowest BCUT2D eigenvalue weighted by Gasteiger charge is -2.26. The van der Waals surface area contributed by atoms with E-state index in [4.69, 9.17) is 21.1 Å². The largest absolute Gasteiger partial charge is 0.457 e. The molecule has 0 atom stereocenters. The van der Waals surface area contributed by atoms with E-state index in [2.05, 4.69) is 5.32 Å². The van der Waals surface area contributed by atoms with Crippen LogP contribution in [0.5, 0.6) is 11.5 Å². The molecule has 1 aliphatic heterocycles. The molecule has 0 unspecified atom stereocenters. The van der Waals surface area contributed by atoms with Gasteiger partial charge >= 0.3 is 5.97 Å². The van der Waals surface area contributed by atoms with E-state index in [0.29, 0.717) is 22.6 Å². The van der Waals surface area contributed by atoms with Crippen LogP contribution in [-0.2, 0) is 14.3 Å². The Labute approximate surface area is 171 Å². The van der Waals surface area contributed by atoms with Crippen LogP contribution in [0, 0.1) is 5.82 Å². The first-order valence-corrected chi connectivity index (χ1v) is 9.18. The van der Waals surface area contributed by atoms with Crippen molar-refractivity contribution in [2.45, 2.75) is 5.92 Å². The van der Waals surface area contributed by atoms with Gasteiger partial charge < -0.3 is 14.8 Å². The van der Waals surface area contributed by atoms with Crippen LogP contribution in [0.25, 0.3) is 0 Å². The third-order valence-corrected chi connectivity index (χ3v) is 4.70. The molecule has 0 spiro atoms. The molecule has 0 radical (unpaired) electrons. The van der Waals surface area contributed by atoms with Gasteiger partial charge in [0, 0.05) is 16.1 Å². The van der Waals surface area contributed by atoms with E-state index in [-0.39, 0.29) is 10.7 Å². The molecule has 1 N–H and O–H groups in total. The van der Waals surface area contributed by atoms with Gasteiger partial charge in [-0.2, -0.15) is 0 Å². The van der Waals surface area contributed by atoms with Crippen molar-refractivity contribution < 1.29 is 23.5 Å². The average molecular weight is 412 g/mol. The summed E-state index contributed by atoms with van der Waals surface area (Å²) in [6.07, 6.45) is 0. The zero-order valence-electron chi connectivity index (χ0n) is 15.0. The highest BCUT2D eigenvalue weighted by molar-refractivity contribution is 6.30. The molecule has 4 rings (SSSR count). The summed E-state index contributed by atoms with van der Waals surface area (Å²) in [4.78, 5) is 25.0. The summed E-state index contributed by atoms with van der Waals surface area (Å²) in [5.41, 5.74) is 1.26. The third-order valence-electron chi connectivity index (χ3n) is 4.47. The van der Waals surface area contributed by atoms with Crippen LogP contribution in [0.15, 0.2) is 66.7 Å². The van der Waals surface area contributed by atoms with Crippen LogP contribution >= 0.6 is 11.6 Å². The monoisotopic (exact) mass is 411 g/mol. The van der Waals surface area contributed by atoms with Crippen molar-refractivity contribution in [3.05, 3.63) is 88.7 Å². The van der Waals surface area contributed by atoms with Gasteiger partial charge in [-0.15, -0.1) is 0 Å². The molecule has 1 amide bonds. The highest BCUT2D eigenvalue weighted by Crippen LogP contribution is 2.44. The zero-order valence-corrected chi connectivity index (χ0v) is 15.8. The molecule has 5 nitrogen and oxygen atoms in total. The number of carbonyl (C=O) groups is 2. The van der Waals surface area contributed by atoms with E-state index < -0.39 is 30.2 Å². The normalized spacial score (nSPS) is 12.3. The van der Waals surface area contributed by atoms with E-state index in [1.54, 1.807) is 36.4 Å². The van der Waals surface area contributed by atoms with Crippen LogP contribution in [-0.4, -0.2) is 18.5 Å². The van der Waals surface area contributed by atoms with Crippen LogP contribution < -0.4 is 10.1 Å². The van der Waals surface area contributed by atoms with Gasteiger partial charge in [0.05, 0.1) is 5.69 Å². The molecule has 29 heavy (non-hydrogen) atoms. The fourth-order valence-electron chi connectivity index (χ4n) is 3.16. The minimum Gasteiger partial charge on any atom is -0.457 e. The van der Waals surface area contributed by atoms with Crippen molar-refractivity contribution in [3.8, 4) is 11.5 Å². The lowest BCUT2D eigenvalue weighted by Crippen LogP contribution is -2.26. The number of anilines is 1. The Morgan fingerprint density at radius 1 is 1.00 bits per heavy atom. The van der Waals surface area contributed by atoms with E-state index in [0.717, 1.165) is 6.07 Å². The SMILES string of the molecule is O=C(COC(=O)C1c2ccccc2Oc2ccccc21)Nc1ccc(Cl)cc1F. The molecule has 0 bridgehead atoms. The van der Waals surface area contributed by atoms with Gasteiger partial charge in [-0.05, 0) is 30.3 Å². The van der Waals surface area contributed by atoms with Gasteiger partial charge in [0.15, 0.2) is 6.61 Å². The second-order valence-electron chi connectivity index (χ2n) is 6.39. The molecule has 1 heterocycles. The number of nitrogens with one attached hydrogen (secondary N) is 1. The standard InChI is InChI=1S/C22H15ClFNO4/c23-13-9-10-17(16(24)11-13)25-20(26)12-28-22(27)21-14-5-1-3-7-18(14)29-19-8-4-2-6-15(19)21/h1-11,21H,12H2,(H,25,26). The average Bonchev–Trinajstić information content (AvgIpc) is 2.72. The van der Waals surface area contributed by atoms with Crippen molar-refractivity contribution in [2.75, 3.05) is 11.9 Å². The summed E-state index contributed by atoms with van der Waals surface area (Å²) in [7, 11) is 0. The van der Waals surface area contributed by atoms with Crippen LogP contribution in [0.4, 0.5) is 10.1 Å². The predicted octanol–water partition coefficient (Wildman–Crippen LogP) is 4.90. The summed E-state index contributed by atoms with van der Waals surface area (Å²) in [5, 5.41) is 2.57. The van der Waals surface area contributed by atoms with E-state index in [9.17, 15) is 14.0 Å². The topological polar surface area (TPSA) is 64.6 Å². The second kappa shape index (κ2) is 7.93. The van der Waals surface area contributed by atoms with Gasteiger partial charge in [0.25, 0.3) is 5.91 Å². The molecular formula is C22H15ClFNO4. The summed E-state index contributed by atoms with van der Waals surface area (Å²) in [6.45, 7) is -0.553. The maximum Gasteiger partial charge on any atom is 0.318 e.